The summed E-state index contributed by atoms with van der Waals surface area (Å²) in [5.41, 5.74) is -0.319. The van der Waals surface area contributed by atoms with E-state index in [1.807, 2.05) is 36.4 Å². The third-order valence-electron chi connectivity index (χ3n) is 3.24. The predicted molar refractivity (Wildman–Crippen MR) is 74.3 cm³/mol. The van der Waals surface area contributed by atoms with Crippen LogP contribution < -0.4 is 0 Å². The van der Waals surface area contributed by atoms with Crippen LogP contribution in [-0.4, -0.2) is 16.9 Å². The van der Waals surface area contributed by atoms with Crippen LogP contribution in [-0.2, 0) is 4.79 Å². The maximum absolute atomic E-state index is 12.6. The Labute approximate surface area is 111 Å². The molecular weight excluding hydrogens is 240 g/mol. The second-order valence-corrected chi connectivity index (χ2v) is 5.31. The zero-order valence-corrected chi connectivity index (χ0v) is 11.0. The molecule has 0 fully saturated rings. The number of ketones is 1. The Morgan fingerprint density at radius 2 is 1.68 bits per heavy atom. The van der Waals surface area contributed by atoms with Crippen molar-refractivity contribution in [2.24, 2.45) is 5.41 Å². The number of Topliss-reactive ketones (excluding diaryl/α,β-unsaturated/α-hetero) is 1. The topological polar surface area (TPSA) is 54.4 Å². The van der Waals surface area contributed by atoms with Crippen molar-refractivity contribution in [2.45, 2.75) is 20.3 Å². The molecule has 0 saturated carbocycles. The Morgan fingerprint density at radius 1 is 1.05 bits per heavy atom. The van der Waals surface area contributed by atoms with E-state index in [4.69, 9.17) is 5.11 Å². The molecule has 2 rings (SSSR count). The van der Waals surface area contributed by atoms with E-state index in [2.05, 4.69) is 0 Å². The molecular formula is C16H16O3. The molecule has 0 amide bonds. The van der Waals surface area contributed by atoms with Gasteiger partial charge in [-0.1, -0.05) is 56.3 Å². The van der Waals surface area contributed by atoms with Gasteiger partial charge >= 0.3 is 5.97 Å². The highest BCUT2D eigenvalue weighted by atomic mass is 16.4. The van der Waals surface area contributed by atoms with Crippen LogP contribution in [0.25, 0.3) is 10.8 Å². The molecule has 0 aliphatic heterocycles. The van der Waals surface area contributed by atoms with E-state index in [0.29, 0.717) is 5.56 Å². The summed E-state index contributed by atoms with van der Waals surface area (Å²) in [7, 11) is 0. The first-order valence-corrected chi connectivity index (χ1v) is 6.16. The number of benzene rings is 2. The van der Waals surface area contributed by atoms with Gasteiger partial charge in [0.25, 0.3) is 0 Å². The summed E-state index contributed by atoms with van der Waals surface area (Å²) >= 11 is 0. The van der Waals surface area contributed by atoms with Gasteiger partial charge in [-0.3, -0.25) is 9.59 Å². The van der Waals surface area contributed by atoms with E-state index in [0.717, 1.165) is 10.8 Å². The molecule has 0 aliphatic rings. The maximum Gasteiger partial charge on any atom is 0.304 e. The average Bonchev–Trinajstić information content (AvgIpc) is 2.35. The Bertz CT molecular complexity index is 636. The largest absolute Gasteiger partial charge is 0.481 e. The molecule has 0 saturated heterocycles. The molecule has 0 bridgehead atoms. The second kappa shape index (κ2) is 4.84. The van der Waals surface area contributed by atoms with Gasteiger partial charge in [0.2, 0.25) is 0 Å². The number of carboxylic acid groups (broad SMARTS) is 1. The number of carbonyl (C=O) groups is 2. The lowest BCUT2D eigenvalue weighted by molar-refractivity contribution is -0.138. The molecule has 3 nitrogen and oxygen atoms in total. The van der Waals surface area contributed by atoms with E-state index in [1.54, 1.807) is 19.9 Å². The summed E-state index contributed by atoms with van der Waals surface area (Å²) < 4.78 is 0. The van der Waals surface area contributed by atoms with Crippen LogP contribution in [0.1, 0.15) is 30.6 Å². The highest BCUT2D eigenvalue weighted by molar-refractivity contribution is 6.11. The molecule has 0 heterocycles. The van der Waals surface area contributed by atoms with Gasteiger partial charge in [-0.2, -0.15) is 0 Å². The predicted octanol–water partition coefficient (Wildman–Crippen LogP) is 3.52. The molecule has 2 aromatic rings. The maximum atomic E-state index is 12.6. The highest BCUT2D eigenvalue weighted by Crippen LogP contribution is 2.29. The number of carbonyl (C=O) groups excluding carboxylic acids is 1. The minimum atomic E-state index is -0.960. The molecule has 0 radical (unpaired) electrons. The normalized spacial score (nSPS) is 11.5. The number of aliphatic carboxylic acids is 1. The zero-order chi connectivity index (χ0) is 14.0. The van der Waals surface area contributed by atoms with Gasteiger partial charge < -0.3 is 5.11 Å². The van der Waals surface area contributed by atoms with Crippen LogP contribution in [0.3, 0.4) is 0 Å². The lowest BCUT2D eigenvalue weighted by Gasteiger charge is -2.21. The lowest BCUT2D eigenvalue weighted by atomic mass is 9.80. The number of hydrogen-bond acceptors (Lipinski definition) is 2. The number of rotatable bonds is 4. The molecule has 0 spiro atoms. The van der Waals surface area contributed by atoms with Gasteiger partial charge in [0.05, 0.1) is 6.42 Å². The first kappa shape index (κ1) is 13.3. The second-order valence-electron chi connectivity index (χ2n) is 5.31. The van der Waals surface area contributed by atoms with Crippen LogP contribution in [0.4, 0.5) is 0 Å². The van der Waals surface area contributed by atoms with Gasteiger partial charge in [0.1, 0.15) is 0 Å². The van der Waals surface area contributed by atoms with E-state index in [9.17, 15) is 9.59 Å². The van der Waals surface area contributed by atoms with Crippen molar-refractivity contribution in [3.8, 4) is 0 Å². The monoisotopic (exact) mass is 256 g/mol. The Hall–Kier alpha value is -2.16. The van der Waals surface area contributed by atoms with Crippen molar-refractivity contribution in [2.75, 3.05) is 0 Å². The summed E-state index contributed by atoms with van der Waals surface area (Å²) in [5.74, 6) is -1.09. The summed E-state index contributed by atoms with van der Waals surface area (Å²) in [6.07, 6.45) is -0.172. The van der Waals surface area contributed by atoms with Crippen LogP contribution in [0.15, 0.2) is 42.5 Å². The first-order valence-electron chi connectivity index (χ1n) is 6.16. The summed E-state index contributed by atoms with van der Waals surface area (Å²) in [4.78, 5) is 23.4. The fourth-order valence-corrected chi connectivity index (χ4v) is 2.25. The minimum absolute atomic E-state index is 0.133. The van der Waals surface area contributed by atoms with Crippen molar-refractivity contribution in [3.63, 3.8) is 0 Å². The van der Waals surface area contributed by atoms with E-state index in [1.165, 1.54) is 0 Å². The standard InChI is InChI=1S/C16H16O3/c1-16(2,10-14(17)18)15(19)13-9-5-7-11-6-3-4-8-12(11)13/h3-9H,10H2,1-2H3,(H,17,18). The number of hydrogen-bond donors (Lipinski definition) is 1. The Balaban J connectivity index is 2.50. The van der Waals surface area contributed by atoms with E-state index >= 15 is 0 Å². The molecule has 1 N–H and O–H groups in total. The molecule has 98 valence electrons. The SMILES string of the molecule is CC(C)(CC(=O)O)C(=O)c1cccc2ccccc12. The molecule has 0 atom stereocenters. The van der Waals surface area contributed by atoms with Crippen molar-refractivity contribution in [3.05, 3.63) is 48.0 Å². The molecule has 0 aromatic heterocycles. The van der Waals surface area contributed by atoms with Crippen LogP contribution in [0, 0.1) is 5.41 Å². The first-order chi connectivity index (χ1) is 8.92. The van der Waals surface area contributed by atoms with Gasteiger partial charge in [-0.25, -0.2) is 0 Å². The van der Waals surface area contributed by atoms with E-state index < -0.39 is 11.4 Å². The highest BCUT2D eigenvalue weighted by Gasteiger charge is 2.32. The Kier molecular flexibility index (Phi) is 3.38. The lowest BCUT2D eigenvalue weighted by Crippen LogP contribution is -2.27. The van der Waals surface area contributed by atoms with Crippen molar-refractivity contribution >= 4 is 22.5 Å². The average molecular weight is 256 g/mol. The quantitative estimate of drug-likeness (QED) is 0.851. The van der Waals surface area contributed by atoms with Crippen molar-refractivity contribution in [1.29, 1.82) is 0 Å². The third kappa shape index (κ3) is 2.65. The van der Waals surface area contributed by atoms with Crippen LogP contribution >= 0.6 is 0 Å². The fourth-order valence-electron chi connectivity index (χ4n) is 2.25. The smallest absolute Gasteiger partial charge is 0.304 e. The summed E-state index contributed by atoms with van der Waals surface area (Å²) in [6, 6.07) is 13.1. The van der Waals surface area contributed by atoms with Crippen molar-refractivity contribution < 1.29 is 14.7 Å². The van der Waals surface area contributed by atoms with Crippen LogP contribution in [0.2, 0.25) is 0 Å². The minimum Gasteiger partial charge on any atom is -0.481 e. The number of carboxylic acids is 1. The molecule has 3 heteroatoms. The van der Waals surface area contributed by atoms with Crippen molar-refractivity contribution in [1.82, 2.24) is 0 Å². The van der Waals surface area contributed by atoms with E-state index in [-0.39, 0.29) is 12.2 Å². The molecule has 2 aromatic carbocycles. The van der Waals surface area contributed by atoms with Crippen LogP contribution in [0.5, 0.6) is 0 Å². The van der Waals surface area contributed by atoms with Gasteiger partial charge in [0.15, 0.2) is 5.78 Å². The Morgan fingerprint density at radius 3 is 2.37 bits per heavy atom. The summed E-state index contributed by atoms with van der Waals surface area (Å²) in [6.45, 7) is 3.34. The van der Waals surface area contributed by atoms with Gasteiger partial charge in [0, 0.05) is 11.0 Å². The number of fused-ring (bicyclic) bond motifs is 1. The molecule has 19 heavy (non-hydrogen) atoms. The fraction of sp³-hybridized carbons (Fsp3) is 0.250. The molecule has 0 unspecified atom stereocenters. The zero-order valence-electron chi connectivity index (χ0n) is 11.0. The molecule has 0 aliphatic carbocycles. The van der Waals surface area contributed by atoms with Gasteiger partial charge in [-0.15, -0.1) is 0 Å². The third-order valence-corrected chi connectivity index (χ3v) is 3.24. The summed E-state index contributed by atoms with van der Waals surface area (Å²) in [5, 5.41) is 10.8. The van der Waals surface area contributed by atoms with Gasteiger partial charge in [-0.05, 0) is 10.8 Å².